The van der Waals surface area contributed by atoms with Crippen molar-refractivity contribution in [1.29, 1.82) is 0 Å². The van der Waals surface area contributed by atoms with Crippen LogP contribution in [0.15, 0.2) is 30.5 Å². The number of hydrogen-bond donors (Lipinski definition) is 3. The number of carbonyl (C=O) groups is 2. The topological polar surface area (TPSA) is 95.1 Å². The first-order chi connectivity index (χ1) is 13.0. The minimum atomic E-state index is -0.995. The van der Waals surface area contributed by atoms with E-state index in [-0.39, 0.29) is 22.7 Å². The normalized spacial score (nSPS) is 17.4. The van der Waals surface area contributed by atoms with E-state index < -0.39 is 5.97 Å². The first kappa shape index (κ1) is 17.7. The van der Waals surface area contributed by atoms with Gasteiger partial charge in [-0.05, 0) is 37.8 Å². The first-order valence-electron chi connectivity index (χ1n) is 9.10. The quantitative estimate of drug-likeness (QED) is 0.620. The second kappa shape index (κ2) is 7.15. The second-order valence-electron chi connectivity index (χ2n) is 7.01. The Bertz CT molecular complexity index is 1010. The molecule has 7 heteroatoms. The van der Waals surface area contributed by atoms with Crippen molar-refractivity contribution in [3.8, 4) is 0 Å². The van der Waals surface area contributed by atoms with Crippen molar-refractivity contribution in [2.45, 2.75) is 44.6 Å². The summed E-state index contributed by atoms with van der Waals surface area (Å²) in [7, 11) is 0. The van der Waals surface area contributed by atoms with Crippen LogP contribution in [-0.2, 0) is 11.2 Å². The van der Waals surface area contributed by atoms with Crippen LogP contribution >= 0.6 is 11.3 Å². The number of nitrogens with one attached hydrogen (secondary N) is 2. The molecule has 1 aliphatic rings. The summed E-state index contributed by atoms with van der Waals surface area (Å²) >= 11 is 1.10. The Morgan fingerprint density at radius 2 is 2.22 bits per heavy atom. The molecule has 1 aromatic carbocycles. The highest BCUT2D eigenvalue weighted by Gasteiger charge is 2.27. The summed E-state index contributed by atoms with van der Waals surface area (Å²) in [5.74, 6) is -0.851. The maximum absolute atomic E-state index is 12.6. The Morgan fingerprint density at radius 1 is 1.41 bits per heavy atom. The smallest absolute Gasteiger partial charge is 0.347 e. The molecule has 1 aliphatic carbocycles. The van der Waals surface area contributed by atoms with E-state index in [1.54, 1.807) is 0 Å². The van der Waals surface area contributed by atoms with Crippen LogP contribution in [-0.4, -0.2) is 27.0 Å². The van der Waals surface area contributed by atoms with E-state index in [2.05, 4.69) is 27.4 Å². The molecule has 4 rings (SSSR count). The number of para-hydroxylation sites is 1. The van der Waals surface area contributed by atoms with Crippen LogP contribution in [0.5, 0.6) is 0 Å². The van der Waals surface area contributed by atoms with Gasteiger partial charge in [0.15, 0.2) is 0 Å². The summed E-state index contributed by atoms with van der Waals surface area (Å²) in [4.78, 5) is 31.4. The number of benzene rings is 1. The minimum absolute atomic E-state index is 0.0360. The number of carboxylic acids is 1. The third-order valence-electron chi connectivity index (χ3n) is 5.15. The van der Waals surface area contributed by atoms with E-state index in [0.717, 1.165) is 36.1 Å². The van der Waals surface area contributed by atoms with Crippen LogP contribution in [0.3, 0.4) is 0 Å². The maximum Gasteiger partial charge on any atom is 0.347 e. The summed E-state index contributed by atoms with van der Waals surface area (Å²) in [6.45, 7) is 1.83. The summed E-state index contributed by atoms with van der Waals surface area (Å²) in [5, 5.41) is 13.8. The molecular formula is C20H21N3O3S. The van der Waals surface area contributed by atoms with Gasteiger partial charge >= 0.3 is 5.97 Å². The molecule has 27 heavy (non-hydrogen) atoms. The molecule has 0 spiro atoms. The predicted molar refractivity (Wildman–Crippen MR) is 104 cm³/mol. The number of thiazole rings is 1. The van der Waals surface area contributed by atoms with Crippen molar-refractivity contribution in [3.05, 3.63) is 51.6 Å². The third kappa shape index (κ3) is 3.47. The van der Waals surface area contributed by atoms with E-state index in [1.807, 2.05) is 19.1 Å². The molecule has 2 heterocycles. The average Bonchev–Trinajstić information content (AvgIpc) is 3.27. The standard InChI is InChI=1S/C20H21N3O3S/c1-11(19-21-10-16(27-19)20(25)26)22-17(24)9-12-5-4-7-14-13-6-2-3-8-15(13)23-18(12)14/h2-3,6,8,10-12,23H,4-5,7,9H2,1H3,(H,22,24)(H,25,26). The Hall–Kier alpha value is -2.67. The number of aromatic nitrogens is 2. The number of aromatic amines is 1. The van der Waals surface area contributed by atoms with Crippen LogP contribution in [0.1, 0.15) is 64.1 Å². The molecule has 0 fully saturated rings. The number of carbonyl (C=O) groups excluding carboxylic acids is 1. The number of carboxylic acid groups (broad SMARTS) is 1. The van der Waals surface area contributed by atoms with Gasteiger partial charge in [-0.2, -0.15) is 0 Å². The van der Waals surface area contributed by atoms with Crippen LogP contribution in [0.25, 0.3) is 10.9 Å². The highest BCUT2D eigenvalue weighted by Crippen LogP contribution is 2.37. The lowest BCUT2D eigenvalue weighted by atomic mass is 9.84. The van der Waals surface area contributed by atoms with Gasteiger partial charge < -0.3 is 15.4 Å². The molecule has 0 saturated heterocycles. The number of nitrogens with zero attached hydrogens (tertiary/aromatic N) is 1. The van der Waals surface area contributed by atoms with Crippen LogP contribution < -0.4 is 5.32 Å². The van der Waals surface area contributed by atoms with Gasteiger partial charge in [0, 0.05) is 28.9 Å². The minimum Gasteiger partial charge on any atom is -0.477 e. The molecule has 0 aliphatic heterocycles. The molecule has 2 atom stereocenters. The monoisotopic (exact) mass is 383 g/mol. The van der Waals surface area contributed by atoms with E-state index in [1.165, 1.54) is 22.8 Å². The number of fused-ring (bicyclic) bond motifs is 3. The zero-order chi connectivity index (χ0) is 19.0. The van der Waals surface area contributed by atoms with Gasteiger partial charge in [0.1, 0.15) is 9.88 Å². The number of amides is 1. The van der Waals surface area contributed by atoms with E-state index in [0.29, 0.717) is 11.4 Å². The molecule has 140 valence electrons. The van der Waals surface area contributed by atoms with E-state index in [4.69, 9.17) is 5.11 Å². The Kier molecular flexibility index (Phi) is 4.70. The fourth-order valence-corrected chi connectivity index (χ4v) is 4.64. The van der Waals surface area contributed by atoms with Gasteiger partial charge in [-0.3, -0.25) is 4.79 Å². The van der Waals surface area contributed by atoms with Gasteiger partial charge in [-0.25, -0.2) is 9.78 Å². The van der Waals surface area contributed by atoms with Crippen molar-refractivity contribution < 1.29 is 14.7 Å². The number of hydrogen-bond acceptors (Lipinski definition) is 4. The molecule has 2 aromatic heterocycles. The molecule has 0 radical (unpaired) electrons. The molecule has 1 amide bonds. The largest absolute Gasteiger partial charge is 0.477 e. The van der Waals surface area contributed by atoms with Crippen molar-refractivity contribution in [3.63, 3.8) is 0 Å². The molecule has 3 N–H and O–H groups in total. The average molecular weight is 383 g/mol. The molecule has 6 nitrogen and oxygen atoms in total. The van der Waals surface area contributed by atoms with Gasteiger partial charge in [0.2, 0.25) is 5.91 Å². The zero-order valence-electron chi connectivity index (χ0n) is 15.0. The lowest BCUT2D eigenvalue weighted by Crippen LogP contribution is -2.28. The predicted octanol–water partition coefficient (Wildman–Crippen LogP) is 4.01. The Labute approximate surface area is 160 Å². The number of aryl methyl sites for hydroxylation is 1. The van der Waals surface area contributed by atoms with Gasteiger partial charge in [-0.15, -0.1) is 11.3 Å². The van der Waals surface area contributed by atoms with Crippen molar-refractivity contribution >= 4 is 34.1 Å². The van der Waals surface area contributed by atoms with Gasteiger partial charge in [0.05, 0.1) is 12.2 Å². The number of aromatic carboxylic acids is 1. The molecule has 0 bridgehead atoms. The number of H-pyrrole nitrogens is 1. The Morgan fingerprint density at radius 3 is 3.00 bits per heavy atom. The Balaban J connectivity index is 1.46. The third-order valence-corrected chi connectivity index (χ3v) is 6.32. The molecule has 2 unspecified atom stereocenters. The number of rotatable bonds is 5. The van der Waals surface area contributed by atoms with E-state index >= 15 is 0 Å². The fourth-order valence-electron chi connectivity index (χ4n) is 3.88. The van der Waals surface area contributed by atoms with Crippen molar-refractivity contribution in [2.24, 2.45) is 0 Å². The maximum atomic E-state index is 12.6. The van der Waals surface area contributed by atoms with Crippen molar-refractivity contribution in [2.75, 3.05) is 0 Å². The lowest BCUT2D eigenvalue weighted by Gasteiger charge is -2.23. The highest BCUT2D eigenvalue weighted by atomic mass is 32.1. The van der Waals surface area contributed by atoms with Gasteiger partial charge in [-0.1, -0.05) is 18.2 Å². The SMILES string of the molecule is CC(NC(=O)CC1CCCc2c1[nH]c1ccccc21)c1ncc(C(=O)O)s1. The summed E-state index contributed by atoms with van der Waals surface area (Å²) in [6.07, 6.45) is 4.87. The van der Waals surface area contributed by atoms with Gasteiger partial charge in [0.25, 0.3) is 0 Å². The summed E-state index contributed by atoms with van der Waals surface area (Å²) in [6, 6.07) is 7.98. The molecule has 3 aromatic rings. The second-order valence-corrected chi connectivity index (χ2v) is 8.08. The summed E-state index contributed by atoms with van der Waals surface area (Å²) < 4.78 is 0. The van der Waals surface area contributed by atoms with Crippen LogP contribution in [0, 0.1) is 0 Å². The molecule has 0 saturated carbocycles. The van der Waals surface area contributed by atoms with Crippen LogP contribution in [0.4, 0.5) is 0 Å². The first-order valence-corrected chi connectivity index (χ1v) is 9.92. The molecular weight excluding hydrogens is 362 g/mol. The van der Waals surface area contributed by atoms with E-state index in [9.17, 15) is 9.59 Å². The fraction of sp³-hybridized carbons (Fsp3) is 0.350. The lowest BCUT2D eigenvalue weighted by molar-refractivity contribution is -0.122. The highest BCUT2D eigenvalue weighted by molar-refractivity contribution is 7.13. The zero-order valence-corrected chi connectivity index (χ0v) is 15.8. The van der Waals surface area contributed by atoms with Crippen LogP contribution in [0.2, 0.25) is 0 Å². The summed E-state index contributed by atoms with van der Waals surface area (Å²) in [5.41, 5.74) is 3.66. The van der Waals surface area contributed by atoms with Crippen molar-refractivity contribution in [1.82, 2.24) is 15.3 Å².